The normalized spacial score (nSPS) is 11.1. The monoisotopic (exact) mass is 274 g/mol. The average Bonchev–Trinajstić information content (AvgIpc) is 2.36. The number of anilines is 1. The number of nitrogens with zero attached hydrogens (tertiary/aromatic N) is 1. The molecule has 0 saturated carbocycles. The Morgan fingerprint density at radius 3 is 2.58 bits per heavy atom. The van der Waals surface area contributed by atoms with Gasteiger partial charge in [-0.15, -0.1) is 0 Å². The van der Waals surface area contributed by atoms with Gasteiger partial charge in [0, 0.05) is 11.6 Å². The maximum atomic E-state index is 12.9. The van der Waals surface area contributed by atoms with E-state index in [-0.39, 0.29) is 11.3 Å². The van der Waals surface area contributed by atoms with Gasteiger partial charge in [0.05, 0.1) is 18.0 Å². The number of primary amides is 1. The number of nitro benzene ring substituents is 1. The molecule has 0 aliphatic carbocycles. The van der Waals surface area contributed by atoms with Crippen LogP contribution in [0.3, 0.4) is 0 Å². The van der Waals surface area contributed by atoms with E-state index < -0.39 is 35.5 Å². The first-order valence-electron chi connectivity index (χ1n) is 5.17. The maximum absolute atomic E-state index is 12.9. The SMILES string of the molecule is NCC(F)(F)CNc1ccc(C(N)=O)cc1[N+](=O)[O-]. The van der Waals surface area contributed by atoms with Crippen molar-refractivity contribution in [3.8, 4) is 0 Å². The second kappa shape index (κ2) is 5.57. The predicted octanol–water partition coefficient (Wildman–Crippen LogP) is 0.700. The molecule has 0 aliphatic heterocycles. The van der Waals surface area contributed by atoms with Crippen LogP contribution in [-0.2, 0) is 0 Å². The molecule has 7 nitrogen and oxygen atoms in total. The summed E-state index contributed by atoms with van der Waals surface area (Å²) in [5.41, 5.74) is 9.10. The number of rotatable bonds is 6. The first-order chi connectivity index (χ1) is 8.76. The summed E-state index contributed by atoms with van der Waals surface area (Å²) >= 11 is 0. The zero-order valence-electron chi connectivity index (χ0n) is 9.73. The largest absolute Gasteiger partial charge is 0.373 e. The van der Waals surface area contributed by atoms with Gasteiger partial charge in [0.2, 0.25) is 5.91 Å². The molecule has 1 aromatic rings. The van der Waals surface area contributed by atoms with Crippen LogP contribution < -0.4 is 16.8 Å². The quantitative estimate of drug-likeness (QED) is 0.520. The van der Waals surface area contributed by atoms with E-state index in [4.69, 9.17) is 11.5 Å². The zero-order chi connectivity index (χ0) is 14.6. The Balaban J connectivity index is 3.01. The van der Waals surface area contributed by atoms with Crippen molar-refractivity contribution in [2.75, 3.05) is 18.4 Å². The zero-order valence-corrected chi connectivity index (χ0v) is 9.73. The summed E-state index contributed by atoms with van der Waals surface area (Å²) in [5.74, 6) is -4.03. The van der Waals surface area contributed by atoms with Crippen molar-refractivity contribution in [1.82, 2.24) is 0 Å². The third-order valence-corrected chi connectivity index (χ3v) is 2.32. The molecule has 0 saturated heterocycles. The van der Waals surface area contributed by atoms with Crippen molar-refractivity contribution in [2.45, 2.75) is 5.92 Å². The van der Waals surface area contributed by atoms with E-state index in [1.165, 1.54) is 6.07 Å². The van der Waals surface area contributed by atoms with Crippen LogP contribution in [0.25, 0.3) is 0 Å². The Hall–Kier alpha value is -2.29. The van der Waals surface area contributed by atoms with Crippen LogP contribution in [-0.4, -0.2) is 29.8 Å². The molecule has 0 spiro atoms. The van der Waals surface area contributed by atoms with Crippen LogP contribution in [0.15, 0.2) is 18.2 Å². The first-order valence-corrected chi connectivity index (χ1v) is 5.17. The number of nitrogens with two attached hydrogens (primary N) is 2. The van der Waals surface area contributed by atoms with Gasteiger partial charge in [-0.2, -0.15) is 0 Å². The summed E-state index contributed by atoms with van der Waals surface area (Å²) in [6.45, 7) is -1.73. The summed E-state index contributed by atoms with van der Waals surface area (Å²) in [4.78, 5) is 20.9. The Morgan fingerprint density at radius 2 is 2.11 bits per heavy atom. The molecule has 0 heterocycles. The van der Waals surface area contributed by atoms with Gasteiger partial charge in [0.1, 0.15) is 5.69 Å². The second-order valence-corrected chi connectivity index (χ2v) is 3.77. The number of alkyl halides is 2. The van der Waals surface area contributed by atoms with E-state index in [1.54, 1.807) is 0 Å². The van der Waals surface area contributed by atoms with Crippen molar-refractivity contribution >= 4 is 17.3 Å². The summed E-state index contributed by atoms with van der Waals surface area (Å²) < 4.78 is 25.9. The molecule has 1 amide bonds. The summed E-state index contributed by atoms with van der Waals surface area (Å²) in [6, 6.07) is 3.27. The van der Waals surface area contributed by atoms with E-state index in [2.05, 4.69) is 5.32 Å². The van der Waals surface area contributed by atoms with E-state index >= 15 is 0 Å². The van der Waals surface area contributed by atoms with Gasteiger partial charge in [-0.1, -0.05) is 0 Å². The molecule has 1 rings (SSSR count). The lowest BCUT2D eigenvalue weighted by Gasteiger charge is -2.15. The van der Waals surface area contributed by atoms with Gasteiger partial charge in [-0.05, 0) is 12.1 Å². The highest BCUT2D eigenvalue weighted by molar-refractivity contribution is 5.94. The van der Waals surface area contributed by atoms with Crippen molar-refractivity contribution in [1.29, 1.82) is 0 Å². The predicted molar refractivity (Wildman–Crippen MR) is 64.1 cm³/mol. The topological polar surface area (TPSA) is 124 Å². The van der Waals surface area contributed by atoms with Crippen molar-refractivity contribution in [2.24, 2.45) is 11.5 Å². The van der Waals surface area contributed by atoms with E-state index in [9.17, 15) is 23.7 Å². The molecule has 19 heavy (non-hydrogen) atoms. The standard InChI is InChI=1S/C10H12F2N4O3/c11-10(12,4-13)5-15-7-2-1-6(9(14)17)3-8(7)16(18)19/h1-3,15H,4-5,13H2,(H2,14,17). The number of amides is 1. The molecular weight excluding hydrogens is 262 g/mol. The summed E-state index contributed by atoms with van der Waals surface area (Å²) in [5, 5.41) is 13.0. The van der Waals surface area contributed by atoms with E-state index in [0.717, 1.165) is 12.1 Å². The third-order valence-electron chi connectivity index (χ3n) is 2.32. The maximum Gasteiger partial charge on any atom is 0.293 e. The fourth-order valence-electron chi connectivity index (χ4n) is 1.28. The van der Waals surface area contributed by atoms with E-state index in [1.807, 2.05) is 0 Å². The molecule has 0 unspecified atom stereocenters. The summed E-state index contributed by atoms with van der Waals surface area (Å²) in [6.07, 6.45) is 0. The molecule has 9 heteroatoms. The number of halogens is 2. The highest BCUT2D eigenvalue weighted by Crippen LogP contribution is 2.26. The fourth-order valence-corrected chi connectivity index (χ4v) is 1.28. The van der Waals surface area contributed by atoms with Gasteiger partial charge in [0.15, 0.2) is 0 Å². The number of carbonyl (C=O) groups is 1. The van der Waals surface area contributed by atoms with Gasteiger partial charge in [-0.3, -0.25) is 14.9 Å². The molecule has 104 valence electrons. The van der Waals surface area contributed by atoms with Gasteiger partial charge < -0.3 is 16.8 Å². The molecule has 0 aromatic heterocycles. The van der Waals surface area contributed by atoms with Crippen LogP contribution in [0, 0.1) is 10.1 Å². The Labute approximate surface area is 106 Å². The van der Waals surface area contributed by atoms with Crippen molar-refractivity contribution in [3.63, 3.8) is 0 Å². The smallest absolute Gasteiger partial charge is 0.293 e. The molecule has 0 atom stereocenters. The first kappa shape index (κ1) is 14.8. The van der Waals surface area contributed by atoms with Crippen LogP contribution in [0.1, 0.15) is 10.4 Å². The number of hydrogen-bond acceptors (Lipinski definition) is 5. The van der Waals surface area contributed by atoms with Gasteiger partial charge in [-0.25, -0.2) is 8.78 Å². The average molecular weight is 274 g/mol. The number of benzene rings is 1. The Kier molecular flexibility index (Phi) is 4.33. The number of carbonyl (C=O) groups excluding carboxylic acids is 1. The minimum absolute atomic E-state index is 0.0807. The number of nitrogens with one attached hydrogen (secondary N) is 1. The number of nitro groups is 1. The molecule has 1 aromatic carbocycles. The van der Waals surface area contributed by atoms with Crippen LogP contribution >= 0.6 is 0 Å². The molecular formula is C10H12F2N4O3. The van der Waals surface area contributed by atoms with Gasteiger partial charge >= 0.3 is 0 Å². The summed E-state index contributed by atoms with van der Waals surface area (Å²) in [7, 11) is 0. The van der Waals surface area contributed by atoms with Crippen LogP contribution in [0.5, 0.6) is 0 Å². The molecule has 0 radical (unpaired) electrons. The lowest BCUT2D eigenvalue weighted by molar-refractivity contribution is -0.384. The van der Waals surface area contributed by atoms with Crippen LogP contribution in [0.4, 0.5) is 20.2 Å². The Bertz CT molecular complexity index is 508. The third kappa shape index (κ3) is 3.85. The van der Waals surface area contributed by atoms with E-state index in [0.29, 0.717) is 0 Å². The molecule has 0 aliphatic rings. The number of hydrogen-bond donors (Lipinski definition) is 3. The highest BCUT2D eigenvalue weighted by atomic mass is 19.3. The molecule has 0 bridgehead atoms. The van der Waals surface area contributed by atoms with Crippen LogP contribution in [0.2, 0.25) is 0 Å². The highest BCUT2D eigenvalue weighted by Gasteiger charge is 2.27. The van der Waals surface area contributed by atoms with Crippen molar-refractivity contribution in [3.05, 3.63) is 33.9 Å². The fraction of sp³-hybridized carbons (Fsp3) is 0.300. The van der Waals surface area contributed by atoms with Gasteiger partial charge in [0.25, 0.3) is 11.6 Å². The van der Waals surface area contributed by atoms with Crippen molar-refractivity contribution < 1.29 is 18.5 Å². The lowest BCUT2D eigenvalue weighted by Crippen LogP contribution is -2.35. The second-order valence-electron chi connectivity index (χ2n) is 3.77. The lowest BCUT2D eigenvalue weighted by atomic mass is 10.1. The molecule has 5 N–H and O–H groups in total. The molecule has 0 fully saturated rings. The Morgan fingerprint density at radius 1 is 1.47 bits per heavy atom. The minimum atomic E-state index is -3.18. The minimum Gasteiger partial charge on any atom is -0.373 e.